The normalized spacial score (nSPS) is 33.5. The average molecular weight is 174 g/mol. The second kappa shape index (κ2) is 4.18. The fourth-order valence-electron chi connectivity index (χ4n) is 1.51. The summed E-state index contributed by atoms with van der Waals surface area (Å²) in [6.07, 6.45) is 3.29. The summed E-state index contributed by atoms with van der Waals surface area (Å²) in [4.78, 5) is 0. The Bertz CT molecular complexity index is 111. The zero-order chi connectivity index (χ0) is 8.23. The van der Waals surface area contributed by atoms with Crippen LogP contribution < -0.4 is 0 Å². The predicted octanol–water partition coefficient (Wildman–Crippen LogP) is 0.860. The van der Waals surface area contributed by atoms with Crippen LogP contribution in [0.2, 0.25) is 0 Å². The van der Waals surface area contributed by atoms with Gasteiger partial charge in [0.2, 0.25) is 0 Å². The third kappa shape index (κ3) is 1.95. The van der Waals surface area contributed by atoms with Gasteiger partial charge in [0.15, 0.2) is 19.9 Å². The molecule has 2 aliphatic rings. The Morgan fingerprint density at radius 1 is 0.917 bits per heavy atom. The smallest absolute Gasteiger partial charge is 0.189 e. The quantitative estimate of drug-likeness (QED) is 0.590. The van der Waals surface area contributed by atoms with Crippen LogP contribution in [0.3, 0.4) is 0 Å². The summed E-state index contributed by atoms with van der Waals surface area (Å²) in [5.41, 5.74) is 0. The summed E-state index contributed by atoms with van der Waals surface area (Å²) in [7, 11) is 0. The molecule has 0 aromatic carbocycles. The number of rotatable bonds is 1. The summed E-state index contributed by atoms with van der Waals surface area (Å²) in [6, 6.07) is 0. The first kappa shape index (κ1) is 8.44. The second-order valence-corrected chi connectivity index (χ2v) is 3.05. The van der Waals surface area contributed by atoms with Gasteiger partial charge in [-0.25, -0.2) is 0 Å². The molecule has 2 heterocycles. The van der Waals surface area contributed by atoms with Gasteiger partial charge in [0.05, 0.1) is 0 Å². The molecule has 0 aliphatic carbocycles. The van der Waals surface area contributed by atoms with Gasteiger partial charge in [-0.3, -0.25) is 0 Å². The SMILES string of the molecule is C1CCC(C2OCOCO2)OC1. The van der Waals surface area contributed by atoms with Crippen molar-refractivity contribution in [2.24, 2.45) is 0 Å². The van der Waals surface area contributed by atoms with Crippen molar-refractivity contribution in [3.8, 4) is 0 Å². The van der Waals surface area contributed by atoms with Gasteiger partial charge in [0.25, 0.3) is 0 Å². The lowest BCUT2D eigenvalue weighted by molar-refractivity contribution is -0.329. The summed E-state index contributed by atoms with van der Waals surface area (Å²) in [5, 5.41) is 0. The van der Waals surface area contributed by atoms with Crippen molar-refractivity contribution in [1.29, 1.82) is 0 Å². The minimum atomic E-state index is -0.209. The van der Waals surface area contributed by atoms with Crippen LogP contribution in [0.25, 0.3) is 0 Å². The van der Waals surface area contributed by atoms with E-state index >= 15 is 0 Å². The average Bonchev–Trinajstić information content (AvgIpc) is 2.21. The molecule has 4 nitrogen and oxygen atoms in total. The zero-order valence-corrected chi connectivity index (χ0v) is 7.03. The molecule has 0 aromatic heterocycles. The highest BCUT2D eigenvalue weighted by atomic mass is 16.9. The van der Waals surface area contributed by atoms with E-state index in [0.29, 0.717) is 13.6 Å². The molecule has 2 saturated heterocycles. The molecular formula is C8H14O4. The highest BCUT2D eigenvalue weighted by molar-refractivity contribution is 4.67. The lowest BCUT2D eigenvalue weighted by Gasteiger charge is -2.32. The summed E-state index contributed by atoms with van der Waals surface area (Å²) < 4.78 is 20.9. The van der Waals surface area contributed by atoms with Gasteiger partial charge >= 0.3 is 0 Å². The Balaban J connectivity index is 1.80. The molecule has 1 atom stereocenters. The van der Waals surface area contributed by atoms with Gasteiger partial charge < -0.3 is 18.9 Å². The topological polar surface area (TPSA) is 36.9 Å². The summed E-state index contributed by atoms with van der Waals surface area (Å²) >= 11 is 0. The van der Waals surface area contributed by atoms with Crippen LogP contribution in [0.5, 0.6) is 0 Å². The Kier molecular flexibility index (Phi) is 2.94. The molecule has 0 bridgehead atoms. The number of ether oxygens (including phenoxy) is 4. The van der Waals surface area contributed by atoms with Crippen molar-refractivity contribution < 1.29 is 18.9 Å². The monoisotopic (exact) mass is 174 g/mol. The van der Waals surface area contributed by atoms with Crippen LogP contribution in [0.1, 0.15) is 19.3 Å². The first-order chi connectivity index (χ1) is 5.97. The largest absolute Gasteiger partial charge is 0.373 e. The highest BCUT2D eigenvalue weighted by Crippen LogP contribution is 2.20. The Labute approximate surface area is 71.7 Å². The minimum absolute atomic E-state index is 0.114. The maximum absolute atomic E-state index is 5.51. The van der Waals surface area contributed by atoms with E-state index in [1.54, 1.807) is 0 Å². The van der Waals surface area contributed by atoms with Crippen molar-refractivity contribution in [3.63, 3.8) is 0 Å². The molecule has 2 rings (SSSR count). The molecule has 2 fully saturated rings. The molecule has 0 amide bonds. The molecule has 0 N–H and O–H groups in total. The summed E-state index contributed by atoms with van der Waals surface area (Å²) in [5.74, 6) is 0. The predicted molar refractivity (Wildman–Crippen MR) is 40.4 cm³/mol. The van der Waals surface area contributed by atoms with Crippen molar-refractivity contribution in [2.75, 3.05) is 20.2 Å². The molecule has 0 aromatic rings. The van der Waals surface area contributed by atoms with Crippen molar-refractivity contribution in [2.45, 2.75) is 31.7 Å². The van der Waals surface area contributed by atoms with Crippen LogP contribution in [0.4, 0.5) is 0 Å². The molecule has 0 radical (unpaired) electrons. The molecule has 4 heteroatoms. The van der Waals surface area contributed by atoms with Gasteiger partial charge in [0.1, 0.15) is 6.10 Å². The van der Waals surface area contributed by atoms with Gasteiger partial charge in [-0.05, 0) is 19.3 Å². The van der Waals surface area contributed by atoms with E-state index in [9.17, 15) is 0 Å². The Morgan fingerprint density at radius 3 is 2.42 bits per heavy atom. The second-order valence-electron chi connectivity index (χ2n) is 3.05. The van der Waals surface area contributed by atoms with E-state index in [1.807, 2.05) is 0 Å². The van der Waals surface area contributed by atoms with Crippen molar-refractivity contribution in [3.05, 3.63) is 0 Å². The van der Waals surface area contributed by atoms with E-state index in [2.05, 4.69) is 0 Å². The minimum Gasteiger partial charge on any atom is -0.373 e. The zero-order valence-electron chi connectivity index (χ0n) is 7.03. The fourth-order valence-corrected chi connectivity index (χ4v) is 1.51. The van der Waals surface area contributed by atoms with E-state index in [0.717, 1.165) is 19.4 Å². The molecule has 2 aliphatic heterocycles. The molecule has 0 saturated carbocycles. The molecular weight excluding hydrogens is 160 g/mol. The van der Waals surface area contributed by atoms with Gasteiger partial charge in [-0.2, -0.15) is 0 Å². The van der Waals surface area contributed by atoms with Crippen molar-refractivity contribution >= 4 is 0 Å². The number of hydrogen-bond donors (Lipinski definition) is 0. The number of hydrogen-bond acceptors (Lipinski definition) is 4. The molecule has 1 unspecified atom stereocenters. The first-order valence-electron chi connectivity index (χ1n) is 4.39. The molecule has 0 spiro atoms. The van der Waals surface area contributed by atoms with Crippen LogP contribution >= 0.6 is 0 Å². The van der Waals surface area contributed by atoms with Crippen LogP contribution in [-0.4, -0.2) is 32.6 Å². The molecule has 12 heavy (non-hydrogen) atoms. The van der Waals surface area contributed by atoms with Crippen molar-refractivity contribution in [1.82, 2.24) is 0 Å². The van der Waals surface area contributed by atoms with Crippen LogP contribution in [0.15, 0.2) is 0 Å². The third-order valence-electron chi connectivity index (χ3n) is 2.15. The van der Waals surface area contributed by atoms with E-state index in [-0.39, 0.29) is 12.4 Å². The lowest BCUT2D eigenvalue weighted by atomic mass is 10.1. The maximum atomic E-state index is 5.51. The van der Waals surface area contributed by atoms with E-state index < -0.39 is 0 Å². The third-order valence-corrected chi connectivity index (χ3v) is 2.15. The van der Waals surface area contributed by atoms with Gasteiger partial charge in [0, 0.05) is 6.61 Å². The first-order valence-corrected chi connectivity index (χ1v) is 4.39. The van der Waals surface area contributed by atoms with Crippen LogP contribution in [-0.2, 0) is 18.9 Å². The Morgan fingerprint density at radius 2 is 1.75 bits per heavy atom. The highest BCUT2D eigenvalue weighted by Gasteiger charge is 2.27. The fraction of sp³-hybridized carbons (Fsp3) is 1.00. The lowest BCUT2D eigenvalue weighted by Crippen LogP contribution is -2.40. The Hall–Kier alpha value is -0.160. The molecule has 70 valence electrons. The van der Waals surface area contributed by atoms with E-state index in [1.165, 1.54) is 6.42 Å². The van der Waals surface area contributed by atoms with Gasteiger partial charge in [-0.15, -0.1) is 0 Å². The van der Waals surface area contributed by atoms with E-state index in [4.69, 9.17) is 18.9 Å². The van der Waals surface area contributed by atoms with Crippen LogP contribution in [0, 0.1) is 0 Å². The van der Waals surface area contributed by atoms with Gasteiger partial charge in [-0.1, -0.05) is 0 Å². The summed E-state index contributed by atoms with van der Waals surface area (Å²) in [6.45, 7) is 1.48. The maximum Gasteiger partial charge on any atom is 0.189 e. The standard InChI is InChI=1S/C8H14O4/c1-2-4-10-7(3-1)8-11-5-9-6-12-8/h7-8H,1-6H2.